The molecule has 0 spiro atoms. The number of rotatable bonds is 7. The second-order valence-corrected chi connectivity index (χ2v) is 8.30. The fourth-order valence-corrected chi connectivity index (χ4v) is 3.48. The molecule has 2 heterocycles. The predicted molar refractivity (Wildman–Crippen MR) is 113 cm³/mol. The third-order valence-electron chi connectivity index (χ3n) is 5.62. The monoisotopic (exact) mass is 397 g/mol. The van der Waals surface area contributed by atoms with Crippen molar-refractivity contribution < 1.29 is 4.74 Å². The molecule has 1 saturated carbocycles. The lowest BCUT2D eigenvalue weighted by molar-refractivity contribution is 0.188. The molecule has 3 rings (SSSR count). The Kier molecular flexibility index (Phi) is 6.38. The van der Waals surface area contributed by atoms with Crippen LogP contribution < -0.4 is 15.4 Å². The van der Waals surface area contributed by atoms with Crippen LogP contribution in [0.3, 0.4) is 0 Å². The van der Waals surface area contributed by atoms with E-state index in [0.717, 1.165) is 16.9 Å². The second-order valence-electron chi connectivity index (χ2n) is 8.30. The van der Waals surface area contributed by atoms with Gasteiger partial charge in [-0.2, -0.15) is 14.8 Å². The number of nitrogens with zero attached hydrogens (tertiary/aromatic N) is 5. The van der Waals surface area contributed by atoms with Gasteiger partial charge < -0.3 is 15.4 Å². The number of hydrogen-bond acceptors (Lipinski definition) is 6. The summed E-state index contributed by atoms with van der Waals surface area (Å²) < 4.78 is 7.72. The van der Waals surface area contributed by atoms with Crippen LogP contribution in [0.1, 0.15) is 50.8 Å². The van der Waals surface area contributed by atoms with Gasteiger partial charge in [0, 0.05) is 31.6 Å². The fourth-order valence-electron chi connectivity index (χ4n) is 3.48. The molecule has 0 unspecified atom stereocenters. The molecule has 8 nitrogen and oxygen atoms in total. The average Bonchev–Trinajstić information content (AvgIpc) is 3.10. The third kappa shape index (κ3) is 5.04. The van der Waals surface area contributed by atoms with E-state index in [1.165, 1.54) is 25.7 Å². The summed E-state index contributed by atoms with van der Waals surface area (Å²) in [4.78, 5) is 12.6. The Morgan fingerprint density at radius 3 is 2.66 bits per heavy atom. The number of aromatic nitrogens is 4. The Balaban J connectivity index is 1.66. The van der Waals surface area contributed by atoms with Crippen LogP contribution in [-0.4, -0.2) is 39.4 Å². The number of nitrogens with one attached hydrogen (secondary N) is 2. The van der Waals surface area contributed by atoms with E-state index in [9.17, 15) is 0 Å². The number of aryl methyl sites for hydroxylation is 2. The molecule has 2 aromatic rings. The van der Waals surface area contributed by atoms with Crippen molar-refractivity contribution in [1.82, 2.24) is 25.1 Å². The van der Waals surface area contributed by atoms with Gasteiger partial charge in [-0.15, -0.1) is 0 Å². The van der Waals surface area contributed by atoms with Gasteiger partial charge in [-0.05, 0) is 52.5 Å². The largest absolute Gasteiger partial charge is 0.477 e. The minimum Gasteiger partial charge on any atom is -0.477 e. The Hall–Kier alpha value is -2.66. The van der Waals surface area contributed by atoms with E-state index in [1.807, 2.05) is 40.9 Å². The molecule has 1 fully saturated rings. The van der Waals surface area contributed by atoms with Crippen molar-refractivity contribution in [2.45, 2.75) is 65.1 Å². The van der Waals surface area contributed by atoms with Gasteiger partial charge in [0.1, 0.15) is 0 Å². The zero-order chi connectivity index (χ0) is 21.0. The first-order chi connectivity index (χ1) is 13.8. The van der Waals surface area contributed by atoms with Gasteiger partial charge in [0.2, 0.25) is 11.8 Å². The third-order valence-corrected chi connectivity index (χ3v) is 5.62. The van der Waals surface area contributed by atoms with Crippen molar-refractivity contribution in [2.24, 2.45) is 5.92 Å². The SMILES string of the molecule is [C-]#[N+]C(C)(C)n1cc(Nc2ncc(C)c(OCC3CCC(NC)CC3)n2)c(C)n1. The molecule has 0 atom stereocenters. The minimum atomic E-state index is -0.737. The van der Waals surface area contributed by atoms with Gasteiger partial charge in [-0.3, -0.25) is 4.85 Å². The highest BCUT2D eigenvalue weighted by molar-refractivity contribution is 5.55. The van der Waals surface area contributed by atoms with Crippen LogP contribution in [0.4, 0.5) is 11.6 Å². The summed E-state index contributed by atoms with van der Waals surface area (Å²) in [5, 5.41) is 11.0. The summed E-state index contributed by atoms with van der Waals surface area (Å²) >= 11 is 0. The highest BCUT2D eigenvalue weighted by Crippen LogP contribution is 2.27. The maximum absolute atomic E-state index is 7.35. The number of ether oxygens (including phenoxy) is 1. The predicted octanol–water partition coefficient (Wildman–Crippen LogP) is 3.80. The molecule has 0 radical (unpaired) electrons. The molecule has 29 heavy (non-hydrogen) atoms. The molecular weight excluding hydrogens is 366 g/mol. The van der Waals surface area contributed by atoms with E-state index >= 15 is 0 Å². The molecule has 0 saturated heterocycles. The molecule has 8 heteroatoms. The average molecular weight is 398 g/mol. The molecule has 2 N–H and O–H groups in total. The van der Waals surface area contributed by atoms with Crippen LogP contribution in [-0.2, 0) is 5.66 Å². The first kappa shape index (κ1) is 21.1. The Morgan fingerprint density at radius 2 is 2.00 bits per heavy atom. The minimum absolute atomic E-state index is 0.466. The van der Waals surface area contributed by atoms with Crippen molar-refractivity contribution in [3.8, 4) is 5.88 Å². The van der Waals surface area contributed by atoms with E-state index in [0.29, 0.717) is 30.4 Å². The van der Waals surface area contributed by atoms with E-state index in [-0.39, 0.29) is 0 Å². The zero-order valence-electron chi connectivity index (χ0n) is 18.0. The first-order valence-electron chi connectivity index (χ1n) is 10.2. The Labute approximate surface area is 172 Å². The fraction of sp³-hybridized carbons (Fsp3) is 0.619. The van der Waals surface area contributed by atoms with Crippen LogP contribution in [0.25, 0.3) is 4.85 Å². The van der Waals surface area contributed by atoms with Gasteiger partial charge >= 0.3 is 5.66 Å². The molecule has 1 aliphatic rings. The Morgan fingerprint density at radius 1 is 1.28 bits per heavy atom. The summed E-state index contributed by atoms with van der Waals surface area (Å²) in [6, 6.07) is 0.639. The van der Waals surface area contributed by atoms with Crippen LogP contribution in [0.15, 0.2) is 12.4 Å². The lowest BCUT2D eigenvalue weighted by atomic mass is 9.87. The Bertz CT molecular complexity index is 876. The van der Waals surface area contributed by atoms with Gasteiger partial charge in [-0.1, -0.05) is 0 Å². The van der Waals surface area contributed by atoms with Gasteiger partial charge in [0.15, 0.2) is 0 Å². The number of hydrogen-bond donors (Lipinski definition) is 2. The topological polar surface area (TPSA) is 81.2 Å². The van der Waals surface area contributed by atoms with Crippen molar-refractivity contribution in [3.63, 3.8) is 0 Å². The molecule has 0 amide bonds. The van der Waals surface area contributed by atoms with Crippen molar-refractivity contribution in [3.05, 3.63) is 35.1 Å². The standard InChI is InChI=1S/C21H31N7O/c1-14-11-24-20(25-18-12-28(27-15(18)2)21(3,4)23-6)26-19(14)29-13-16-7-9-17(22-5)10-8-16/h11-12,16-17,22H,7-10,13H2,1-5H3,(H,24,25,26). The van der Waals surface area contributed by atoms with Crippen LogP contribution in [0.5, 0.6) is 5.88 Å². The van der Waals surface area contributed by atoms with Crippen molar-refractivity contribution in [1.29, 1.82) is 0 Å². The van der Waals surface area contributed by atoms with E-state index in [1.54, 1.807) is 10.9 Å². The smallest absolute Gasteiger partial charge is 0.319 e. The summed E-state index contributed by atoms with van der Waals surface area (Å²) in [5.41, 5.74) is 1.75. The lowest BCUT2D eigenvalue weighted by Gasteiger charge is -2.28. The molecule has 2 aromatic heterocycles. The summed E-state index contributed by atoms with van der Waals surface area (Å²) in [6.07, 6.45) is 8.34. The van der Waals surface area contributed by atoms with Gasteiger partial charge in [-0.25, -0.2) is 11.6 Å². The highest BCUT2D eigenvalue weighted by Gasteiger charge is 2.27. The maximum Gasteiger partial charge on any atom is 0.319 e. The first-order valence-corrected chi connectivity index (χ1v) is 10.2. The molecular formula is C21H31N7O. The van der Waals surface area contributed by atoms with Gasteiger partial charge in [0.25, 0.3) is 0 Å². The second kappa shape index (κ2) is 8.78. The van der Waals surface area contributed by atoms with Crippen LogP contribution in [0, 0.1) is 26.3 Å². The zero-order valence-corrected chi connectivity index (χ0v) is 18.0. The van der Waals surface area contributed by atoms with E-state index in [4.69, 9.17) is 11.3 Å². The van der Waals surface area contributed by atoms with Crippen LogP contribution >= 0.6 is 0 Å². The summed E-state index contributed by atoms with van der Waals surface area (Å²) in [6.45, 7) is 15.5. The van der Waals surface area contributed by atoms with Crippen molar-refractivity contribution in [2.75, 3.05) is 19.0 Å². The normalized spacial score (nSPS) is 19.6. The van der Waals surface area contributed by atoms with Gasteiger partial charge in [0.05, 0.1) is 24.2 Å². The van der Waals surface area contributed by atoms with E-state index in [2.05, 4.69) is 30.5 Å². The molecule has 1 aliphatic carbocycles. The lowest BCUT2D eigenvalue weighted by Crippen LogP contribution is -2.31. The van der Waals surface area contributed by atoms with Crippen molar-refractivity contribution >= 4 is 11.6 Å². The highest BCUT2D eigenvalue weighted by atomic mass is 16.5. The quantitative estimate of drug-likeness (QED) is 0.692. The molecule has 0 bridgehead atoms. The number of anilines is 2. The molecule has 156 valence electrons. The molecule has 0 aromatic carbocycles. The maximum atomic E-state index is 7.35. The summed E-state index contributed by atoms with van der Waals surface area (Å²) in [7, 11) is 2.04. The molecule has 0 aliphatic heterocycles. The van der Waals surface area contributed by atoms with E-state index < -0.39 is 5.66 Å². The summed E-state index contributed by atoms with van der Waals surface area (Å²) in [5.74, 6) is 1.65. The van der Waals surface area contributed by atoms with Crippen LogP contribution in [0.2, 0.25) is 0 Å².